The van der Waals surface area contributed by atoms with E-state index >= 15 is 0 Å². The molecule has 0 amide bonds. The third kappa shape index (κ3) is 10.2. The Bertz CT molecular complexity index is 1380. The van der Waals surface area contributed by atoms with Crippen molar-refractivity contribution in [3.05, 3.63) is 84.0 Å². The molecule has 0 aromatic heterocycles. The van der Waals surface area contributed by atoms with E-state index < -0.39 is 12.1 Å². The van der Waals surface area contributed by atoms with E-state index in [1.165, 1.54) is 12.5 Å². The predicted molar refractivity (Wildman–Crippen MR) is 172 cm³/mol. The van der Waals surface area contributed by atoms with Crippen molar-refractivity contribution < 1.29 is 38.1 Å². The third-order valence-corrected chi connectivity index (χ3v) is 8.82. The summed E-state index contributed by atoms with van der Waals surface area (Å²) in [5.41, 5.74) is 2.82. The highest BCUT2D eigenvalue weighted by molar-refractivity contribution is 5.93. The van der Waals surface area contributed by atoms with Gasteiger partial charge in [0.2, 0.25) is 0 Å². The first-order valence-electron chi connectivity index (χ1n) is 15.5. The van der Waals surface area contributed by atoms with Crippen LogP contribution < -0.4 is 9.47 Å². The zero-order valence-electron chi connectivity index (χ0n) is 27.2. The molecule has 0 bridgehead atoms. The minimum atomic E-state index is -1.08. The summed E-state index contributed by atoms with van der Waals surface area (Å²) in [4.78, 5) is 47.1. The first-order chi connectivity index (χ1) is 21.2. The first-order valence-corrected chi connectivity index (χ1v) is 15.5. The molecule has 1 saturated carbocycles. The van der Waals surface area contributed by atoms with E-state index in [4.69, 9.17) is 14.2 Å². The third-order valence-electron chi connectivity index (χ3n) is 8.82. The average molecular weight is 619 g/mol. The fourth-order valence-corrected chi connectivity index (χ4v) is 5.68. The standard InChI is InChI=1S/C37H46O8/c1-25(2)33(39)42-24-10-8-9-11-32(38)43-30-18-14-29(15-19-30)37(7)22-20-28(21-23-37)36(5,6)27-12-16-31(17-13-27)44-35(41)45-34(40)26(3)4/h12-19,28H,1,3,8-11,20-24H2,2,4-7H3. The van der Waals surface area contributed by atoms with Crippen molar-refractivity contribution in [3.63, 3.8) is 0 Å². The van der Waals surface area contributed by atoms with Crippen LogP contribution in [0.4, 0.5) is 4.79 Å². The number of carbonyl (C=O) groups is 4. The Morgan fingerprint density at radius 3 is 1.93 bits per heavy atom. The SMILES string of the molecule is C=C(C)C(=O)OCCCCCC(=O)Oc1ccc(C2(C)CCC(C(C)(C)c3ccc(OC(=O)OC(=O)C(=C)C)cc3)CC2)cc1. The molecule has 0 spiro atoms. The van der Waals surface area contributed by atoms with Crippen molar-refractivity contribution in [2.24, 2.45) is 5.92 Å². The summed E-state index contributed by atoms with van der Waals surface area (Å²) in [7, 11) is 0. The van der Waals surface area contributed by atoms with Gasteiger partial charge in [-0.3, -0.25) is 4.79 Å². The van der Waals surface area contributed by atoms with E-state index in [-0.39, 0.29) is 28.3 Å². The van der Waals surface area contributed by atoms with Crippen molar-refractivity contribution in [1.29, 1.82) is 0 Å². The van der Waals surface area contributed by atoms with E-state index in [2.05, 4.69) is 50.8 Å². The molecule has 0 atom stereocenters. The van der Waals surface area contributed by atoms with Crippen molar-refractivity contribution in [2.75, 3.05) is 6.61 Å². The fraction of sp³-hybridized carbons (Fsp3) is 0.459. The van der Waals surface area contributed by atoms with Crippen LogP contribution in [0.1, 0.15) is 97.1 Å². The topological polar surface area (TPSA) is 105 Å². The second kappa shape index (κ2) is 15.7. The molecule has 8 heteroatoms. The molecule has 8 nitrogen and oxygen atoms in total. The molecule has 0 heterocycles. The second-order valence-electron chi connectivity index (χ2n) is 12.8. The summed E-state index contributed by atoms with van der Waals surface area (Å²) in [6.45, 7) is 17.2. The minimum Gasteiger partial charge on any atom is -0.462 e. The lowest BCUT2D eigenvalue weighted by Crippen LogP contribution is -2.37. The van der Waals surface area contributed by atoms with Crippen molar-refractivity contribution in [1.82, 2.24) is 0 Å². The van der Waals surface area contributed by atoms with Crippen LogP contribution >= 0.6 is 0 Å². The Morgan fingerprint density at radius 2 is 1.36 bits per heavy atom. The van der Waals surface area contributed by atoms with Gasteiger partial charge in [0, 0.05) is 17.6 Å². The largest absolute Gasteiger partial charge is 0.521 e. The maximum absolute atomic E-state index is 12.3. The molecule has 1 aliphatic rings. The number of ether oxygens (including phenoxy) is 4. The second-order valence-corrected chi connectivity index (χ2v) is 12.8. The van der Waals surface area contributed by atoms with E-state index in [0.717, 1.165) is 37.7 Å². The van der Waals surface area contributed by atoms with Gasteiger partial charge in [-0.1, -0.05) is 58.2 Å². The van der Waals surface area contributed by atoms with Gasteiger partial charge in [0.1, 0.15) is 11.5 Å². The van der Waals surface area contributed by atoms with Gasteiger partial charge in [-0.15, -0.1) is 0 Å². The molecule has 0 aliphatic heterocycles. The van der Waals surface area contributed by atoms with Gasteiger partial charge in [-0.25, -0.2) is 14.4 Å². The van der Waals surface area contributed by atoms with Gasteiger partial charge >= 0.3 is 24.1 Å². The highest BCUT2D eigenvalue weighted by Crippen LogP contribution is 2.48. The molecule has 0 radical (unpaired) electrons. The summed E-state index contributed by atoms with van der Waals surface area (Å²) in [6.07, 6.45) is 5.53. The van der Waals surface area contributed by atoms with E-state index in [9.17, 15) is 19.2 Å². The molecule has 45 heavy (non-hydrogen) atoms. The number of benzene rings is 2. The van der Waals surface area contributed by atoms with Crippen LogP contribution in [-0.4, -0.2) is 30.7 Å². The van der Waals surface area contributed by atoms with Crippen LogP contribution in [0, 0.1) is 5.92 Å². The van der Waals surface area contributed by atoms with Gasteiger partial charge < -0.3 is 18.9 Å². The molecular formula is C37H46O8. The molecule has 242 valence electrons. The summed E-state index contributed by atoms with van der Waals surface area (Å²) in [5.74, 6) is -0.164. The normalized spacial score (nSPS) is 17.9. The molecule has 2 aromatic rings. The van der Waals surface area contributed by atoms with Gasteiger partial charge in [0.25, 0.3) is 0 Å². The lowest BCUT2D eigenvalue weighted by molar-refractivity contribution is -0.139. The van der Waals surface area contributed by atoms with Crippen LogP contribution in [0.5, 0.6) is 11.5 Å². The van der Waals surface area contributed by atoms with Crippen LogP contribution in [0.15, 0.2) is 72.8 Å². The number of carbonyl (C=O) groups excluding carboxylic acids is 4. The number of esters is 3. The van der Waals surface area contributed by atoms with Crippen molar-refractivity contribution >= 4 is 24.1 Å². The van der Waals surface area contributed by atoms with Gasteiger partial charge in [0.05, 0.1) is 6.61 Å². The summed E-state index contributed by atoms with van der Waals surface area (Å²) < 4.78 is 20.3. The van der Waals surface area contributed by atoms with Crippen LogP contribution in [0.3, 0.4) is 0 Å². The van der Waals surface area contributed by atoms with Gasteiger partial charge in [-0.2, -0.15) is 0 Å². The quantitative estimate of drug-likeness (QED) is 0.0551. The predicted octanol–water partition coefficient (Wildman–Crippen LogP) is 8.32. The first kappa shape index (κ1) is 35.3. The van der Waals surface area contributed by atoms with Crippen LogP contribution in [-0.2, 0) is 34.7 Å². The maximum Gasteiger partial charge on any atom is 0.521 e. The Morgan fingerprint density at radius 1 is 0.800 bits per heavy atom. The number of rotatable bonds is 13. The molecule has 1 fully saturated rings. The number of hydrogen-bond acceptors (Lipinski definition) is 8. The van der Waals surface area contributed by atoms with Crippen LogP contribution in [0.25, 0.3) is 0 Å². The highest BCUT2D eigenvalue weighted by Gasteiger charge is 2.39. The number of hydrogen-bond donors (Lipinski definition) is 0. The van der Waals surface area contributed by atoms with E-state index in [1.54, 1.807) is 19.1 Å². The van der Waals surface area contributed by atoms with Gasteiger partial charge in [0.15, 0.2) is 0 Å². The summed E-state index contributed by atoms with van der Waals surface area (Å²) in [6, 6.07) is 15.2. The van der Waals surface area contributed by atoms with Crippen molar-refractivity contribution in [3.8, 4) is 11.5 Å². The lowest BCUT2D eigenvalue weighted by atomic mass is 9.60. The molecule has 0 saturated heterocycles. The summed E-state index contributed by atoms with van der Waals surface area (Å²) >= 11 is 0. The zero-order chi connectivity index (χ0) is 33.2. The monoisotopic (exact) mass is 618 g/mol. The van der Waals surface area contributed by atoms with Crippen LogP contribution in [0.2, 0.25) is 0 Å². The Labute approximate surface area is 266 Å². The maximum atomic E-state index is 12.3. The Kier molecular flexibility index (Phi) is 12.3. The average Bonchev–Trinajstić information content (AvgIpc) is 2.99. The minimum absolute atomic E-state index is 0.0298. The molecule has 0 N–H and O–H groups in total. The summed E-state index contributed by atoms with van der Waals surface area (Å²) in [5, 5.41) is 0. The van der Waals surface area contributed by atoms with Gasteiger partial charge in [-0.05, 0) is 111 Å². The van der Waals surface area contributed by atoms with Crippen molar-refractivity contribution in [2.45, 2.75) is 96.8 Å². The van der Waals surface area contributed by atoms with E-state index in [0.29, 0.717) is 48.9 Å². The fourth-order valence-electron chi connectivity index (χ4n) is 5.68. The van der Waals surface area contributed by atoms with E-state index in [1.807, 2.05) is 24.3 Å². The molecule has 1 aliphatic carbocycles. The molecule has 3 rings (SSSR count). The Balaban J connectivity index is 1.46. The zero-order valence-corrected chi connectivity index (χ0v) is 27.2. The Hall–Kier alpha value is -4.20. The molecular weight excluding hydrogens is 572 g/mol. The molecule has 2 aromatic carbocycles. The smallest absolute Gasteiger partial charge is 0.462 e. The number of unbranched alkanes of at least 4 members (excludes halogenated alkanes) is 2. The molecule has 0 unspecified atom stereocenters. The lowest BCUT2D eigenvalue weighted by Gasteiger charge is -2.44. The highest BCUT2D eigenvalue weighted by atomic mass is 16.7.